The van der Waals surface area contributed by atoms with Crippen molar-refractivity contribution in [2.24, 2.45) is 0 Å². The maximum absolute atomic E-state index is 12.5. The molecule has 0 aliphatic carbocycles. The lowest BCUT2D eigenvalue weighted by Gasteiger charge is -2.19. The second-order valence-electron chi connectivity index (χ2n) is 7.36. The Morgan fingerprint density at radius 2 is 1.68 bits per heavy atom. The van der Waals surface area contributed by atoms with Gasteiger partial charge < -0.3 is 39.5 Å². The van der Waals surface area contributed by atoms with Gasteiger partial charge >= 0.3 is 23.5 Å². The lowest BCUT2D eigenvalue weighted by molar-refractivity contribution is -0.0225. The molecule has 0 bridgehead atoms. The Kier molecular flexibility index (Phi) is 7.69. The van der Waals surface area contributed by atoms with E-state index in [0.717, 1.165) is 5.56 Å². The first-order valence-corrected chi connectivity index (χ1v) is 13.8. The second-order valence-corrected chi connectivity index (χ2v) is 11.8. The third kappa shape index (κ3) is 6.45. The zero-order chi connectivity index (χ0) is 25.6. The molecule has 1 saturated heterocycles. The van der Waals surface area contributed by atoms with Crippen molar-refractivity contribution in [3.05, 3.63) is 39.3 Å². The van der Waals surface area contributed by atoms with Gasteiger partial charge in [0, 0.05) is 16.6 Å². The number of hydrogen-bond donors (Lipinski definition) is 7. The van der Waals surface area contributed by atoms with E-state index in [9.17, 15) is 33.6 Å². The molecule has 6 atom stereocenters. The fourth-order valence-corrected chi connectivity index (χ4v) is 6.38. The Morgan fingerprint density at radius 1 is 1.03 bits per heavy atom. The molecule has 16 nitrogen and oxygen atoms in total. The lowest BCUT2D eigenvalue weighted by Crippen LogP contribution is -2.33. The predicted molar refractivity (Wildman–Crippen MR) is 111 cm³/mol. The molecule has 0 aromatic carbocycles. The van der Waals surface area contributed by atoms with Crippen molar-refractivity contribution in [1.29, 1.82) is 0 Å². The molecule has 2 aromatic heterocycles. The Morgan fingerprint density at radius 3 is 2.29 bits per heavy atom. The van der Waals surface area contributed by atoms with Crippen LogP contribution in [0, 0.1) is 13.8 Å². The number of nitrogens with one attached hydrogen (secondary N) is 1. The molecule has 0 amide bonds. The number of aliphatic hydroxyl groups is 2. The van der Waals surface area contributed by atoms with Crippen LogP contribution in [0.5, 0.6) is 0 Å². The minimum Gasteiger partial charge on any atom is -0.387 e. The first kappa shape index (κ1) is 27.2. The quantitative estimate of drug-likeness (QED) is 0.216. The van der Waals surface area contributed by atoms with E-state index in [1.807, 2.05) is 0 Å². The van der Waals surface area contributed by atoms with E-state index in [-0.39, 0.29) is 5.56 Å². The molecule has 0 saturated carbocycles. The molecule has 7 N–H and O–H groups in total. The van der Waals surface area contributed by atoms with Gasteiger partial charge in [-0.3, -0.25) is 9.32 Å². The number of rotatable bonds is 8. The fraction of sp³-hybridized carbons (Fsp3) is 0.467. The summed E-state index contributed by atoms with van der Waals surface area (Å²) in [6.07, 6.45) is -6.31. The van der Waals surface area contributed by atoms with Crippen molar-refractivity contribution in [2.45, 2.75) is 38.3 Å². The van der Waals surface area contributed by atoms with Crippen molar-refractivity contribution in [2.75, 3.05) is 6.61 Å². The molecule has 0 radical (unpaired) electrons. The summed E-state index contributed by atoms with van der Waals surface area (Å²) in [6.45, 7) is 2.51. The normalized spacial score (nSPS) is 26.9. The molecule has 3 unspecified atom stereocenters. The van der Waals surface area contributed by atoms with Crippen molar-refractivity contribution >= 4 is 34.5 Å². The third-order valence-electron chi connectivity index (χ3n) is 4.67. The van der Waals surface area contributed by atoms with Gasteiger partial charge in [0.05, 0.1) is 6.61 Å². The van der Waals surface area contributed by atoms with Gasteiger partial charge in [-0.25, -0.2) is 18.7 Å². The van der Waals surface area contributed by atoms with Gasteiger partial charge in [0.1, 0.15) is 30.1 Å². The number of H-pyrrole nitrogens is 1. The Labute approximate surface area is 190 Å². The van der Waals surface area contributed by atoms with Gasteiger partial charge in [0.15, 0.2) is 0 Å². The summed E-state index contributed by atoms with van der Waals surface area (Å²) in [5.41, 5.74) is 0.969. The SMILES string of the molecule is Cc1cc(C)c2cc([C@@H]3O[C@H](COP(=O)(O)OP(=O)(O)OP(=O)(O)O)[C@H](O)C3O)c(=O)[nH]c2n1. The molecule has 1 aliphatic rings. The highest BCUT2D eigenvalue weighted by atomic mass is 31.3. The number of aliphatic hydroxyl groups excluding tert-OH is 2. The molecule has 34 heavy (non-hydrogen) atoms. The molecular weight excluding hydrogens is 525 g/mol. The van der Waals surface area contributed by atoms with Crippen LogP contribution in [0.2, 0.25) is 0 Å². The summed E-state index contributed by atoms with van der Waals surface area (Å²) in [7, 11) is -16.8. The number of aromatic amines is 1. The van der Waals surface area contributed by atoms with E-state index in [1.54, 1.807) is 19.9 Å². The highest BCUT2D eigenvalue weighted by Crippen LogP contribution is 2.66. The number of fused-ring (bicyclic) bond motifs is 1. The van der Waals surface area contributed by atoms with E-state index >= 15 is 0 Å². The summed E-state index contributed by atoms with van der Waals surface area (Å²) >= 11 is 0. The van der Waals surface area contributed by atoms with Crippen LogP contribution < -0.4 is 5.56 Å². The summed E-state index contributed by atoms with van der Waals surface area (Å²) in [6, 6.07) is 3.18. The van der Waals surface area contributed by atoms with Gasteiger partial charge in [-0.1, -0.05) is 0 Å². The van der Waals surface area contributed by atoms with Crippen LogP contribution in [0.4, 0.5) is 0 Å². The molecule has 190 valence electrons. The number of phosphoric acid groups is 3. The van der Waals surface area contributed by atoms with Crippen molar-refractivity contribution in [1.82, 2.24) is 9.97 Å². The molecule has 3 heterocycles. The highest BCUT2D eigenvalue weighted by molar-refractivity contribution is 7.66. The van der Waals surface area contributed by atoms with E-state index in [0.29, 0.717) is 16.7 Å². The molecule has 1 fully saturated rings. The van der Waals surface area contributed by atoms with Crippen molar-refractivity contribution in [3.8, 4) is 0 Å². The fourth-order valence-electron chi connectivity index (χ4n) is 3.35. The number of nitrogens with zero attached hydrogens (tertiary/aromatic N) is 1. The van der Waals surface area contributed by atoms with Gasteiger partial charge in [-0.05, 0) is 31.5 Å². The number of aryl methyl sites for hydroxylation is 2. The van der Waals surface area contributed by atoms with Crippen LogP contribution in [0.25, 0.3) is 11.0 Å². The first-order valence-electron chi connectivity index (χ1n) is 9.29. The first-order chi connectivity index (χ1) is 15.5. The third-order valence-corrected chi connectivity index (χ3v) is 8.48. The number of hydrogen-bond acceptors (Lipinski definition) is 11. The Bertz CT molecular complexity index is 1290. The zero-order valence-corrected chi connectivity index (χ0v) is 20.1. The molecular formula is C15H21N2O14P3. The second kappa shape index (κ2) is 9.60. The maximum Gasteiger partial charge on any atom is 0.490 e. The van der Waals surface area contributed by atoms with Crippen LogP contribution >= 0.6 is 23.5 Å². The van der Waals surface area contributed by atoms with Crippen molar-refractivity contribution in [3.63, 3.8) is 0 Å². The number of phosphoric ester groups is 1. The Hall–Kier alpha value is -1.35. The highest BCUT2D eigenvalue weighted by Gasteiger charge is 2.47. The lowest BCUT2D eigenvalue weighted by atomic mass is 10.0. The number of ether oxygens (including phenoxy) is 1. The standard InChI is InChI=1S/C15H21N2O14P3/c1-6-3-7(2)16-14-8(6)4-9(15(20)17-14)13-12(19)11(18)10(29-13)5-28-33(24,25)31-34(26,27)30-32(21,22)23/h3-4,10-13,18-19H,5H2,1-2H3,(H,24,25)(H,26,27)(H,16,17,20)(H2,21,22,23)/t10-,11+,12?,13+/m1/s1. The Balaban J connectivity index is 1.76. The van der Waals surface area contributed by atoms with Crippen molar-refractivity contribution < 1.29 is 61.4 Å². The van der Waals surface area contributed by atoms with E-state index in [2.05, 4.69) is 23.1 Å². The number of aromatic nitrogens is 2. The average molecular weight is 546 g/mol. The van der Waals surface area contributed by atoms with E-state index < -0.39 is 60.1 Å². The molecule has 0 spiro atoms. The van der Waals surface area contributed by atoms with Crippen LogP contribution in [0.1, 0.15) is 22.9 Å². The monoisotopic (exact) mass is 546 g/mol. The summed E-state index contributed by atoms with van der Waals surface area (Å²) in [5, 5.41) is 21.2. The topological polar surface area (TPSA) is 255 Å². The van der Waals surface area contributed by atoms with E-state index in [4.69, 9.17) is 19.4 Å². The minimum atomic E-state index is -5.73. The summed E-state index contributed by atoms with van der Waals surface area (Å²) in [4.78, 5) is 55.1. The van der Waals surface area contributed by atoms with Crippen LogP contribution in [-0.2, 0) is 31.6 Å². The molecule has 2 aromatic rings. The molecule has 3 rings (SSSR count). The molecule has 19 heteroatoms. The van der Waals surface area contributed by atoms with Gasteiger partial charge in [0.2, 0.25) is 0 Å². The minimum absolute atomic E-state index is 0.0753. The summed E-state index contributed by atoms with van der Waals surface area (Å²) < 4.78 is 50.9. The molecule has 1 aliphatic heterocycles. The van der Waals surface area contributed by atoms with Gasteiger partial charge in [-0.15, -0.1) is 0 Å². The largest absolute Gasteiger partial charge is 0.490 e. The maximum atomic E-state index is 12.5. The smallest absolute Gasteiger partial charge is 0.387 e. The zero-order valence-electron chi connectivity index (χ0n) is 17.4. The van der Waals surface area contributed by atoms with Crippen LogP contribution in [0.15, 0.2) is 16.9 Å². The number of pyridine rings is 2. The summed E-state index contributed by atoms with van der Waals surface area (Å²) in [5.74, 6) is 0. The van der Waals surface area contributed by atoms with Crippen LogP contribution in [-0.4, -0.2) is 64.7 Å². The van der Waals surface area contributed by atoms with E-state index in [1.165, 1.54) is 6.07 Å². The van der Waals surface area contributed by atoms with Gasteiger partial charge in [-0.2, -0.15) is 8.62 Å². The predicted octanol–water partition coefficient (Wildman–Crippen LogP) is 0.0449. The van der Waals surface area contributed by atoms with Crippen LogP contribution in [0.3, 0.4) is 0 Å². The average Bonchev–Trinajstić information content (AvgIpc) is 2.91. The van der Waals surface area contributed by atoms with Gasteiger partial charge in [0.25, 0.3) is 5.56 Å².